The van der Waals surface area contributed by atoms with Gasteiger partial charge in [0.05, 0.1) is 13.2 Å². The van der Waals surface area contributed by atoms with E-state index in [1.807, 2.05) is 13.8 Å². The number of nitrogens with zero attached hydrogens (tertiary/aromatic N) is 2. The van der Waals surface area contributed by atoms with Gasteiger partial charge in [-0.3, -0.25) is 4.90 Å². The van der Waals surface area contributed by atoms with Crippen molar-refractivity contribution in [2.24, 2.45) is 0 Å². The average molecular weight is 242 g/mol. The van der Waals surface area contributed by atoms with Gasteiger partial charge in [0.1, 0.15) is 0 Å². The molecule has 0 heterocycles. The molecule has 16 heavy (non-hydrogen) atoms. The Morgan fingerprint density at radius 3 is 1.81 bits per heavy atom. The molecular formula is C10H21F3N2O. The predicted octanol–water partition coefficient (Wildman–Crippen LogP) is 1.18. The third-order valence-electron chi connectivity index (χ3n) is 2.45. The molecule has 6 heteroatoms. The van der Waals surface area contributed by atoms with Crippen LogP contribution in [0.4, 0.5) is 13.2 Å². The highest BCUT2D eigenvalue weighted by molar-refractivity contribution is 4.65. The number of aliphatic hydroxyl groups excluding tert-OH is 1. The number of hydrogen-bond donors (Lipinski definition) is 1. The van der Waals surface area contributed by atoms with E-state index in [2.05, 4.69) is 4.90 Å². The van der Waals surface area contributed by atoms with Crippen molar-refractivity contribution in [2.75, 3.05) is 45.9 Å². The zero-order valence-corrected chi connectivity index (χ0v) is 9.93. The third kappa shape index (κ3) is 7.90. The van der Waals surface area contributed by atoms with Crippen molar-refractivity contribution < 1.29 is 18.3 Å². The van der Waals surface area contributed by atoms with Crippen molar-refractivity contribution >= 4 is 0 Å². The Bertz CT molecular complexity index is 172. The molecule has 0 aromatic heterocycles. The highest BCUT2D eigenvalue weighted by Crippen LogP contribution is 2.16. The Hall–Kier alpha value is -0.330. The van der Waals surface area contributed by atoms with Crippen LogP contribution in [0.25, 0.3) is 0 Å². The molecule has 0 rings (SSSR count). The van der Waals surface area contributed by atoms with Crippen LogP contribution in [0.3, 0.4) is 0 Å². The van der Waals surface area contributed by atoms with Gasteiger partial charge in [-0.05, 0) is 13.1 Å². The minimum Gasteiger partial charge on any atom is -0.395 e. The average Bonchev–Trinajstić information content (AvgIpc) is 2.17. The first-order valence-corrected chi connectivity index (χ1v) is 5.55. The summed E-state index contributed by atoms with van der Waals surface area (Å²) in [7, 11) is 0. The lowest BCUT2D eigenvalue weighted by molar-refractivity contribution is -0.147. The van der Waals surface area contributed by atoms with Gasteiger partial charge in [-0.2, -0.15) is 13.2 Å². The summed E-state index contributed by atoms with van der Waals surface area (Å²) in [5, 5.41) is 8.69. The lowest BCUT2D eigenvalue weighted by Crippen LogP contribution is -2.41. The van der Waals surface area contributed by atoms with Gasteiger partial charge in [-0.25, -0.2) is 0 Å². The van der Waals surface area contributed by atoms with E-state index in [0.717, 1.165) is 13.1 Å². The lowest BCUT2D eigenvalue weighted by atomic mass is 10.4. The monoisotopic (exact) mass is 242 g/mol. The summed E-state index contributed by atoms with van der Waals surface area (Å²) < 4.78 is 36.5. The smallest absolute Gasteiger partial charge is 0.395 e. The minimum absolute atomic E-state index is 0.0702. The third-order valence-corrected chi connectivity index (χ3v) is 2.45. The number of aliphatic hydroxyl groups is 1. The topological polar surface area (TPSA) is 26.7 Å². The molecule has 0 amide bonds. The molecule has 0 saturated carbocycles. The molecule has 0 fully saturated rings. The molecule has 0 aliphatic carbocycles. The first-order valence-electron chi connectivity index (χ1n) is 5.55. The van der Waals surface area contributed by atoms with Gasteiger partial charge in [0.15, 0.2) is 0 Å². The first kappa shape index (κ1) is 15.7. The normalized spacial score (nSPS) is 12.8. The second kappa shape index (κ2) is 7.86. The van der Waals surface area contributed by atoms with Crippen LogP contribution in [0.1, 0.15) is 13.8 Å². The molecular weight excluding hydrogens is 221 g/mol. The Kier molecular flexibility index (Phi) is 7.70. The molecule has 0 unspecified atom stereocenters. The SMILES string of the molecule is CCN(CC)CCN(CCO)CC(F)(F)F. The van der Waals surface area contributed by atoms with Gasteiger partial charge in [0.25, 0.3) is 0 Å². The molecule has 0 aromatic carbocycles. The molecule has 0 saturated heterocycles. The van der Waals surface area contributed by atoms with Gasteiger partial charge in [0, 0.05) is 19.6 Å². The fourth-order valence-electron chi connectivity index (χ4n) is 1.49. The second-order valence-electron chi connectivity index (χ2n) is 3.64. The second-order valence-corrected chi connectivity index (χ2v) is 3.64. The largest absolute Gasteiger partial charge is 0.401 e. The van der Waals surface area contributed by atoms with Gasteiger partial charge in [-0.1, -0.05) is 13.8 Å². The van der Waals surface area contributed by atoms with Crippen molar-refractivity contribution in [3.63, 3.8) is 0 Å². The van der Waals surface area contributed by atoms with Crippen LogP contribution >= 0.6 is 0 Å². The molecule has 0 spiro atoms. The van der Waals surface area contributed by atoms with E-state index < -0.39 is 12.7 Å². The number of halogens is 3. The summed E-state index contributed by atoms with van der Waals surface area (Å²) in [6, 6.07) is 0. The highest BCUT2D eigenvalue weighted by atomic mass is 19.4. The summed E-state index contributed by atoms with van der Waals surface area (Å²) >= 11 is 0. The van der Waals surface area contributed by atoms with E-state index in [9.17, 15) is 13.2 Å². The maximum Gasteiger partial charge on any atom is 0.401 e. The van der Waals surface area contributed by atoms with Crippen molar-refractivity contribution in [2.45, 2.75) is 20.0 Å². The van der Waals surface area contributed by atoms with Crippen molar-refractivity contribution in [3.05, 3.63) is 0 Å². The summed E-state index contributed by atoms with van der Waals surface area (Å²) in [6.07, 6.45) is -4.20. The van der Waals surface area contributed by atoms with E-state index >= 15 is 0 Å². The molecule has 0 bridgehead atoms. The Labute approximate surface area is 94.8 Å². The van der Waals surface area contributed by atoms with Crippen LogP contribution in [0.2, 0.25) is 0 Å². The van der Waals surface area contributed by atoms with Crippen LogP contribution < -0.4 is 0 Å². The zero-order chi connectivity index (χ0) is 12.6. The van der Waals surface area contributed by atoms with Crippen LogP contribution in [0, 0.1) is 0 Å². The zero-order valence-electron chi connectivity index (χ0n) is 9.93. The number of likely N-dealkylation sites (N-methyl/N-ethyl adjacent to an activating group) is 1. The fraction of sp³-hybridized carbons (Fsp3) is 1.00. The summed E-state index contributed by atoms with van der Waals surface area (Å²) in [5.74, 6) is 0. The minimum atomic E-state index is -4.20. The molecule has 1 N–H and O–H groups in total. The Balaban J connectivity index is 4.02. The van der Waals surface area contributed by atoms with E-state index in [4.69, 9.17) is 5.11 Å². The summed E-state index contributed by atoms with van der Waals surface area (Å²) in [4.78, 5) is 3.29. The molecule has 0 aliphatic heterocycles. The summed E-state index contributed by atoms with van der Waals surface area (Å²) in [5.41, 5.74) is 0. The number of hydrogen-bond acceptors (Lipinski definition) is 3. The maximum atomic E-state index is 12.2. The van der Waals surface area contributed by atoms with Gasteiger partial charge >= 0.3 is 6.18 Å². The Morgan fingerprint density at radius 1 is 0.938 bits per heavy atom. The fourth-order valence-corrected chi connectivity index (χ4v) is 1.49. The number of alkyl halides is 3. The van der Waals surface area contributed by atoms with Crippen LogP contribution in [-0.4, -0.2) is 67.0 Å². The molecule has 3 nitrogen and oxygen atoms in total. The molecule has 98 valence electrons. The van der Waals surface area contributed by atoms with Crippen LogP contribution in [0.5, 0.6) is 0 Å². The van der Waals surface area contributed by atoms with Crippen molar-refractivity contribution in [1.29, 1.82) is 0 Å². The molecule has 0 aliphatic rings. The van der Waals surface area contributed by atoms with Gasteiger partial charge in [-0.15, -0.1) is 0 Å². The predicted molar refractivity (Wildman–Crippen MR) is 57.4 cm³/mol. The van der Waals surface area contributed by atoms with Crippen molar-refractivity contribution in [1.82, 2.24) is 9.80 Å². The Morgan fingerprint density at radius 2 is 1.44 bits per heavy atom. The van der Waals surface area contributed by atoms with E-state index in [-0.39, 0.29) is 13.2 Å². The first-order chi connectivity index (χ1) is 7.42. The quantitative estimate of drug-likeness (QED) is 0.692. The van der Waals surface area contributed by atoms with Gasteiger partial charge in [0.2, 0.25) is 0 Å². The van der Waals surface area contributed by atoms with E-state index in [1.54, 1.807) is 0 Å². The molecule has 0 atom stereocenters. The molecule has 0 radical (unpaired) electrons. The number of rotatable bonds is 8. The van der Waals surface area contributed by atoms with Crippen LogP contribution in [-0.2, 0) is 0 Å². The highest BCUT2D eigenvalue weighted by Gasteiger charge is 2.30. The summed E-state index contributed by atoms with van der Waals surface area (Å²) in [6.45, 7) is 5.42. The molecule has 0 aromatic rings. The van der Waals surface area contributed by atoms with Gasteiger partial charge < -0.3 is 10.0 Å². The van der Waals surface area contributed by atoms with E-state index in [0.29, 0.717) is 13.1 Å². The van der Waals surface area contributed by atoms with Crippen molar-refractivity contribution in [3.8, 4) is 0 Å². The maximum absolute atomic E-state index is 12.2. The standard InChI is InChI=1S/C10H21F3N2O/c1-3-14(4-2)5-6-15(7-8-16)9-10(11,12)13/h16H,3-9H2,1-2H3. The lowest BCUT2D eigenvalue weighted by Gasteiger charge is -2.26. The van der Waals surface area contributed by atoms with E-state index in [1.165, 1.54) is 4.90 Å². The van der Waals surface area contributed by atoms with Crippen LogP contribution in [0.15, 0.2) is 0 Å².